The molecule has 1 heterocycles. The summed E-state index contributed by atoms with van der Waals surface area (Å²) in [5.74, 6) is 0.140. The Morgan fingerprint density at radius 2 is 1.86 bits per heavy atom. The molecule has 0 saturated carbocycles. The zero-order valence-electron chi connectivity index (χ0n) is 12.3. The van der Waals surface area contributed by atoms with E-state index >= 15 is 0 Å². The fourth-order valence-electron chi connectivity index (χ4n) is 2.67. The Kier molecular flexibility index (Phi) is 3.26. The number of methoxy groups -OCH3 is 2. The van der Waals surface area contributed by atoms with Crippen LogP contribution < -0.4 is 9.47 Å². The Morgan fingerprint density at radius 3 is 2.50 bits per heavy atom. The molecule has 1 atom stereocenters. The molecule has 6 heteroatoms. The van der Waals surface area contributed by atoms with E-state index in [4.69, 9.17) is 14.2 Å². The summed E-state index contributed by atoms with van der Waals surface area (Å²) < 4.78 is 15.5. The molecule has 0 amide bonds. The minimum absolute atomic E-state index is 0.0634. The number of rotatable bonds is 2. The second-order valence-electron chi connectivity index (χ2n) is 4.96. The van der Waals surface area contributed by atoms with Crippen molar-refractivity contribution in [3.63, 3.8) is 0 Å². The zero-order chi connectivity index (χ0) is 16.0. The first-order chi connectivity index (χ1) is 10.5. The summed E-state index contributed by atoms with van der Waals surface area (Å²) in [5, 5.41) is 9.99. The number of fused-ring (bicyclic) bond motifs is 1. The number of Topliss-reactive ketones (excluding diaryl/α,β-unsaturated/α-hetero) is 2. The standard InChI is InChI=1S/C16H14O6/c1-7-4-9-13(16(19)22-7)15(18)12-10(14(9)17)5-8(20-2)6-11(12)21-3/h4-6,16,19H,1-3H3/t16-/m1/s1. The molecule has 2 aliphatic rings. The quantitative estimate of drug-likeness (QED) is 0.894. The summed E-state index contributed by atoms with van der Waals surface area (Å²) in [7, 11) is 2.86. The number of allylic oxidation sites excluding steroid dienone is 3. The highest BCUT2D eigenvalue weighted by molar-refractivity contribution is 6.29. The molecule has 0 aromatic heterocycles. The Hall–Kier alpha value is -2.60. The Bertz CT molecular complexity index is 756. The van der Waals surface area contributed by atoms with Gasteiger partial charge in [0.25, 0.3) is 0 Å². The smallest absolute Gasteiger partial charge is 0.228 e. The summed E-state index contributed by atoms with van der Waals surface area (Å²) in [5.41, 5.74) is 0.386. The van der Waals surface area contributed by atoms with Crippen LogP contribution in [0.15, 0.2) is 35.1 Å². The minimum Gasteiger partial charge on any atom is -0.497 e. The molecular weight excluding hydrogens is 288 g/mol. The van der Waals surface area contributed by atoms with Gasteiger partial charge in [0, 0.05) is 17.2 Å². The van der Waals surface area contributed by atoms with Crippen LogP contribution in [0, 0.1) is 0 Å². The highest BCUT2D eigenvalue weighted by Gasteiger charge is 2.40. The third-order valence-corrected chi connectivity index (χ3v) is 3.67. The van der Waals surface area contributed by atoms with Crippen molar-refractivity contribution in [2.24, 2.45) is 0 Å². The van der Waals surface area contributed by atoms with Gasteiger partial charge in [-0.05, 0) is 19.1 Å². The van der Waals surface area contributed by atoms with Gasteiger partial charge in [0.1, 0.15) is 11.5 Å². The van der Waals surface area contributed by atoms with Gasteiger partial charge in [-0.2, -0.15) is 0 Å². The minimum atomic E-state index is -1.46. The predicted octanol–water partition coefficient (Wildman–Crippen LogP) is 1.63. The molecule has 0 bridgehead atoms. The van der Waals surface area contributed by atoms with Crippen molar-refractivity contribution in [1.82, 2.24) is 0 Å². The number of aliphatic hydroxyl groups is 1. The lowest BCUT2D eigenvalue weighted by molar-refractivity contribution is -0.0374. The van der Waals surface area contributed by atoms with Gasteiger partial charge in [-0.1, -0.05) is 0 Å². The summed E-state index contributed by atoms with van der Waals surface area (Å²) in [6.07, 6.45) is -0.00612. The van der Waals surface area contributed by atoms with Crippen LogP contribution in [0.3, 0.4) is 0 Å². The number of carbonyl (C=O) groups is 2. The maximum Gasteiger partial charge on any atom is 0.228 e. The van der Waals surface area contributed by atoms with E-state index in [1.54, 1.807) is 6.92 Å². The third kappa shape index (κ3) is 1.92. The molecule has 114 valence electrons. The molecule has 1 aromatic rings. The van der Waals surface area contributed by atoms with E-state index in [0.717, 1.165) is 0 Å². The number of carbonyl (C=O) groups excluding carboxylic acids is 2. The van der Waals surface area contributed by atoms with Crippen LogP contribution in [-0.2, 0) is 4.74 Å². The van der Waals surface area contributed by atoms with Gasteiger partial charge < -0.3 is 19.3 Å². The van der Waals surface area contributed by atoms with E-state index < -0.39 is 12.1 Å². The first-order valence-electron chi connectivity index (χ1n) is 6.60. The van der Waals surface area contributed by atoms with Gasteiger partial charge in [0.15, 0.2) is 5.78 Å². The number of benzene rings is 1. The molecule has 0 unspecified atom stereocenters. The third-order valence-electron chi connectivity index (χ3n) is 3.67. The second kappa shape index (κ2) is 4.99. The van der Waals surface area contributed by atoms with E-state index in [0.29, 0.717) is 11.5 Å². The second-order valence-corrected chi connectivity index (χ2v) is 4.96. The van der Waals surface area contributed by atoms with Gasteiger partial charge >= 0.3 is 0 Å². The molecule has 1 aliphatic heterocycles. The van der Waals surface area contributed by atoms with Gasteiger partial charge in [-0.15, -0.1) is 0 Å². The van der Waals surface area contributed by atoms with E-state index in [1.165, 1.54) is 32.4 Å². The zero-order valence-corrected chi connectivity index (χ0v) is 12.3. The van der Waals surface area contributed by atoms with Gasteiger partial charge in [-0.25, -0.2) is 0 Å². The maximum atomic E-state index is 12.7. The van der Waals surface area contributed by atoms with Crippen LogP contribution in [0.1, 0.15) is 27.6 Å². The van der Waals surface area contributed by atoms with Crippen molar-refractivity contribution >= 4 is 11.6 Å². The first-order valence-corrected chi connectivity index (χ1v) is 6.60. The number of aliphatic hydroxyl groups excluding tert-OH is 1. The summed E-state index contributed by atoms with van der Waals surface area (Å²) >= 11 is 0. The van der Waals surface area contributed by atoms with E-state index in [1.807, 2.05) is 0 Å². The Morgan fingerprint density at radius 1 is 1.14 bits per heavy atom. The monoisotopic (exact) mass is 302 g/mol. The molecule has 3 rings (SSSR count). The van der Waals surface area contributed by atoms with Gasteiger partial charge in [0.2, 0.25) is 12.1 Å². The molecule has 1 N–H and O–H groups in total. The SMILES string of the molecule is COc1cc(OC)c2c(c1)C(=O)C1=C(C2=O)[C@H](O)OC(C)=C1. The molecule has 1 aliphatic carbocycles. The fraction of sp³-hybridized carbons (Fsp3) is 0.250. The molecule has 0 radical (unpaired) electrons. The van der Waals surface area contributed by atoms with Gasteiger partial charge in [0.05, 0.1) is 31.1 Å². The lowest BCUT2D eigenvalue weighted by Crippen LogP contribution is -2.32. The molecule has 0 spiro atoms. The molecule has 6 nitrogen and oxygen atoms in total. The van der Waals surface area contributed by atoms with Crippen molar-refractivity contribution in [2.75, 3.05) is 14.2 Å². The highest BCUT2D eigenvalue weighted by Crippen LogP contribution is 2.39. The van der Waals surface area contributed by atoms with Gasteiger partial charge in [-0.3, -0.25) is 9.59 Å². The number of hydrogen-bond donors (Lipinski definition) is 1. The van der Waals surface area contributed by atoms with Crippen molar-refractivity contribution in [1.29, 1.82) is 0 Å². The Labute approximate surface area is 126 Å². The first kappa shape index (κ1) is 14.3. The van der Waals surface area contributed by atoms with Crippen LogP contribution in [0.5, 0.6) is 11.5 Å². The predicted molar refractivity (Wildman–Crippen MR) is 76.1 cm³/mol. The van der Waals surface area contributed by atoms with Crippen LogP contribution in [-0.4, -0.2) is 37.2 Å². The summed E-state index contributed by atoms with van der Waals surface area (Å²) in [6.45, 7) is 1.60. The molecule has 0 saturated heterocycles. The molecule has 0 fully saturated rings. The lowest BCUT2D eigenvalue weighted by Gasteiger charge is -2.28. The van der Waals surface area contributed by atoms with E-state index in [2.05, 4.69) is 0 Å². The van der Waals surface area contributed by atoms with Crippen LogP contribution in [0.25, 0.3) is 0 Å². The number of hydrogen-bond acceptors (Lipinski definition) is 6. The number of ether oxygens (including phenoxy) is 3. The molecular formula is C16H14O6. The fourth-order valence-corrected chi connectivity index (χ4v) is 2.67. The topological polar surface area (TPSA) is 82.1 Å². The molecule has 22 heavy (non-hydrogen) atoms. The van der Waals surface area contributed by atoms with Crippen molar-refractivity contribution in [3.8, 4) is 11.5 Å². The van der Waals surface area contributed by atoms with Crippen molar-refractivity contribution in [2.45, 2.75) is 13.2 Å². The highest BCUT2D eigenvalue weighted by atomic mass is 16.6. The summed E-state index contributed by atoms with van der Waals surface area (Å²) in [6, 6.07) is 3.01. The largest absolute Gasteiger partial charge is 0.497 e. The summed E-state index contributed by atoms with van der Waals surface area (Å²) in [4.78, 5) is 25.4. The average molecular weight is 302 g/mol. The average Bonchev–Trinajstić information content (AvgIpc) is 2.50. The Balaban J connectivity index is 2.28. The van der Waals surface area contributed by atoms with E-state index in [9.17, 15) is 14.7 Å². The molecule has 1 aromatic carbocycles. The van der Waals surface area contributed by atoms with Crippen LogP contribution >= 0.6 is 0 Å². The van der Waals surface area contributed by atoms with Crippen LogP contribution in [0.4, 0.5) is 0 Å². The lowest BCUT2D eigenvalue weighted by atomic mass is 9.82. The van der Waals surface area contributed by atoms with Crippen molar-refractivity contribution < 1.29 is 28.9 Å². The van der Waals surface area contributed by atoms with Crippen molar-refractivity contribution in [3.05, 3.63) is 46.2 Å². The number of ketones is 2. The van der Waals surface area contributed by atoms with Crippen LogP contribution in [0.2, 0.25) is 0 Å². The normalized spacial score (nSPS) is 20.0. The van der Waals surface area contributed by atoms with E-state index in [-0.39, 0.29) is 33.8 Å². The maximum absolute atomic E-state index is 12.7.